The number of carbonyl (C=O) groups excluding carboxylic acids is 1. The van der Waals surface area contributed by atoms with Crippen LogP contribution >= 0.6 is 0 Å². The zero-order valence-electron chi connectivity index (χ0n) is 11.5. The van der Waals surface area contributed by atoms with E-state index in [-0.39, 0.29) is 5.91 Å². The third-order valence-electron chi connectivity index (χ3n) is 2.94. The van der Waals surface area contributed by atoms with Crippen molar-refractivity contribution in [1.82, 2.24) is 9.88 Å². The lowest BCUT2D eigenvalue weighted by Gasteiger charge is -2.08. The fourth-order valence-electron chi connectivity index (χ4n) is 1.71. The van der Waals surface area contributed by atoms with Crippen LogP contribution in [-0.2, 0) is 11.2 Å². The minimum absolute atomic E-state index is 0.0788. The monoisotopic (exact) mass is 258 g/mol. The molecule has 0 radical (unpaired) electrons. The number of hydrogen-bond donors (Lipinski definition) is 0. The summed E-state index contributed by atoms with van der Waals surface area (Å²) in [7, 11) is 3.49. The van der Waals surface area contributed by atoms with Gasteiger partial charge in [0.25, 0.3) is 0 Å². The molecule has 0 fully saturated rings. The zero-order valence-corrected chi connectivity index (χ0v) is 11.5. The van der Waals surface area contributed by atoms with E-state index in [1.165, 1.54) is 5.56 Å². The Hall–Kier alpha value is -2.10. The first-order chi connectivity index (χ1) is 9.06. The van der Waals surface area contributed by atoms with E-state index in [0.29, 0.717) is 18.7 Å². The van der Waals surface area contributed by atoms with E-state index in [2.05, 4.69) is 4.98 Å². The smallest absolute Gasteiger partial charge is 0.222 e. The van der Waals surface area contributed by atoms with Gasteiger partial charge in [0, 0.05) is 32.5 Å². The van der Waals surface area contributed by atoms with Gasteiger partial charge in [0.15, 0.2) is 11.7 Å². The Kier molecular flexibility index (Phi) is 4.00. The number of hydrogen-bond acceptors (Lipinski definition) is 3. The van der Waals surface area contributed by atoms with Crippen molar-refractivity contribution in [3.8, 4) is 11.3 Å². The molecule has 4 nitrogen and oxygen atoms in total. The summed E-state index contributed by atoms with van der Waals surface area (Å²) in [6, 6.07) is 8.08. The Morgan fingerprint density at radius 3 is 2.58 bits per heavy atom. The number of oxazole rings is 1. The Morgan fingerprint density at radius 2 is 1.95 bits per heavy atom. The molecule has 0 saturated carbocycles. The molecule has 2 rings (SSSR count). The van der Waals surface area contributed by atoms with Crippen LogP contribution in [0.4, 0.5) is 0 Å². The summed E-state index contributed by atoms with van der Waals surface area (Å²) in [5.74, 6) is 1.42. The van der Waals surface area contributed by atoms with E-state index in [9.17, 15) is 4.79 Å². The first-order valence-electron chi connectivity index (χ1n) is 6.28. The van der Waals surface area contributed by atoms with Gasteiger partial charge in [-0.2, -0.15) is 0 Å². The molecule has 4 heteroatoms. The SMILES string of the molecule is Cc1ccc(-c2cnc(CCC(=O)N(C)C)o2)cc1. The number of amides is 1. The van der Waals surface area contributed by atoms with Gasteiger partial charge in [-0.3, -0.25) is 4.79 Å². The van der Waals surface area contributed by atoms with Gasteiger partial charge in [-0.25, -0.2) is 4.98 Å². The van der Waals surface area contributed by atoms with Crippen molar-refractivity contribution in [2.75, 3.05) is 14.1 Å². The largest absolute Gasteiger partial charge is 0.441 e. The maximum Gasteiger partial charge on any atom is 0.222 e. The normalized spacial score (nSPS) is 10.5. The quantitative estimate of drug-likeness (QED) is 0.847. The molecule has 0 N–H and O–H groups in total. The van der Waals surface area contributed by atoms with Gasteiger partial charge in [0.1, 0.15) is 0 Å². The molecule has 0 aliphatic carbocycles. The van der Waals surface area contributed by atoms with Crippen LogP contribution in [0.2, 0.25) is 0 Å². The number of rotatable bonds is 4. The summed E-state index contributed by atoms with van der Waals surface area (Å²) < 4.78 is 5.66. The fraction of sp³-hybridized carbons (Fsp3) is 0.333. The Bertz CT molecular complexity index is 556. The summed E-state index contributed by atoms with van der Waals surface area (Å²) in [6.45, 7) is 2.04. The van der Waals surface area contributed by atoms with Crippen molar-refractivity contribution >= 4 is 5.91 Å². The van der Waals surface area contributed by atoms with Gasteiger partial charge in [-0.15, -0.1) is 0 Å². The molecule has 0 aliphatic rings. The average Bonchev–Trinajstić information content (AvgIpc) is 2.85. The Morgan fingerprint density at radius 1 is 1.26 bits per heavy atom. The number of aromatic nitrogens is 1. The molecular formula is C15H18N2O2. The Labute approximate surface area is 113 Å². The van der Waals surface area contributed by atoms with Crippen LogP contribution in [0.5, 0.6) is 0 Å². The summed E-state index contributed by atoms with van der Waals surface area (Å²) in [4.78, 5) is 17.3. The predicted molar refractivity (Wildman–Crippen MR) is 73.7 cm³/mol. The number of nitrogens with zero attached hydrogens (tertiary/aromatic N) is 2. The molecule has 1 heterocycles. The molecule has 1 aromatic heterocycles. The van der Waals surface area contributed by atoms with Gasteiger partial charge in [-0.1, -0.05) is 29.8 Å². The zero-order chi connectivity index (χ0) is 13.8. The van der Waals surface area contributed by atoms with E-state index in [1.807, 2.05) is 31.2 Å². The molecule has 0 unspecified atom stereocenters. The van der Waals surface area contributed by atoms with Crippen molar-refractivity contribution in [3.63, 3.8) is 0 Å². The minimum Gasteiger partial charge on any atom is -0.441 e. The molecule has 0 aliphatic heterocycles. The summed E-state index contributed by atoms with van der Waals surface area (Å²) in [5, 5.41) is 0. The van der Waals surface area contributed by atoms with E-state index in [1.54, 1.807) is 25.2 Å². The second kappa shape index (κ2) is 5.69. The van der Waals surface area contributed by atoms with Crippen molar-refractivity contribution in [2.45, 2.75) is 19.8 Å². The third-order valence-corrected chi connectivity index (χ3v) is 2.94. The molecule has 1 amide bonds. The minimum atomic E-state index is 0.0788. The highest BCUT2D eigenvalue weighted by Crippen LogP contribution is 2.21. The first-order valence-corrected chi connectivity index (χ1v) is 6.28. The number of aryl methyl sites for hydroxylation is 2. The van der Waals surface area contributed by atoms with E-state index >= 15 is 0 Å². The maximum atomic E-state index is 11.5. The van der Waals surface area contributed by atoms with Crippen LogP contribution in [0, 0.1) is 6.92 Å². The molecule has 19 heavy (non-hydrogen) atoms. The standard InChI is InChI=1S/C15H18N2O2/c1-11-4-6-12(7-5-11)13-10-16-14(19-13)8-9-15(18)17(2)3/h4-7,10H,8-9H2,1-3H3. The molecule has 0 saturated heterocycles. The van der Waals surface area contributed by atoms with Crippen LogP contribution in [0.25, 0.3) is 11.3 Å². The highest BCUT2D eigenvalue weighted by molar-refractivity contribution is 5.75. The van der Waals surface area contributed by atoms with Crippen LogP contribution in [0.1, 0.15) is 17.9 Å². The highest BCUT2D eigenvalue weighted by Gasteiger charge is 2.09. The molecule has 100 valence electrons. The molecule has 0 spiro atoms. The summed E-state index contributed by atoms with van der Waals surface area (Å²) >= 11 is 0. The van der Waals surface area contributed by atoms with Crippen LogP contribution < -0.4 is 0 Å². The average molecular weight is 258 g/mol. The lowest BCUT2D eigenvalue weighted by atomic mass is 10.1. The van der Waals surface area contributed by atoms with Gasteiger partial charge < -0.3 is 9.32 Å². The molecule has 1 aromatic carbocycles. The fourth-order valence-corrected chi connectivity index (χ4v) is 1.71. The van der Waals surface area contributed by atoms with Crippen molar-refractivity contribution in [3.05, 3.63) is 41.9 Å². The van der Waals surface area contributed by atoms with Crippen LogP contribution in [-0.4, -0.2) is 29.9 Å². The summed E-state index contributed by atoms with van der Waals surface area (Å²) in [6.07, 6.45) is 2.66. The van der Waals surface area contributed by atoms with Crippen LogP contribution in [0.15, 0.2) is 34.9 Å². The molecular weight excluding hydrogens is 240 g/mol. The van der Waals surface area contributed by atoms with Crippen molar-refractivity contribution in [2.24, 2.45) is 0 Å². The van der Waals surface area contributed by atoms with Crippen molar-refractivity contribution in [1.29, 1.82) is 0 Å². The molecule has 2 aromatic rings. The lowest BCUT2D eigenvalue weighted by Crippen LogP contribution is -2.21. The van der Waals surface area contributed by atoms with Crippen LogP contribution in [0.3, 0.4) is 0 Å². The van der Waals surface area contributed by atoms with E-state index in [4.69, 9.17) is 4.42 Å². The van der Waals surface area contributed by atoms with Gasteiger partial charge in [0.05, 0.1) is 6.20 Å². The second-order valence-electron chi connectivity index (χ2n) is 4.77. The number of benzene rings is 1. The second-order valence-corrected chi connectivity index (χ2v) is 4.77. The summed E-state index contributed by atoms with van der Waals surface area (Å²) in [5.41, 5.74) is 2.21. The Balaban J connectivity index is 2.03. The third kappa shape index (κ3) is 3.44. The highest BCUT2D eigenvalue weighted by atomic mass is 16.4. The first kappa shape index (κ1) is 13.3. The maximum absolute atomic E-state index is 11.5. The van der Waals surface area contributed by atoms with Gasteiger partial charge >= 0.3 is 0 Å². The number of carbonyl (C=O) groups is 1. The van der Waals surface area contributed by atoms with E-state index < -0.39 is 0 Å². The topological polar surface area (TPSA) is 46.3 Å². The van der Waals surface area contributed by atoms with Gasteiger partial charge in [-0.05, 0) is 6.92 Å². The lowest BCUT2D eigenvalue weighted by molar-refractivity contribution is -0.128. The predicted octanol–water partition coefficient (Wildman–Crippen LogP) is 2.67. The van der Waals surface area contributed by atoms with Crippen molar-refractivity contribution < 1.29 is 9.21 Å². The van der Waals surface area contributed by atoms with E-state index in [0.717, 1.165) is 11.3 Å². The van der Waals surface area contributed by atoms with Gasteiger partial charge in [0.2, 0.25) is 5.91 Å². The molecule has 0 bridgehead atoms. The molecule has 0 atom stereocenters.